The van der Waals surface area contributed by atoms with Gasteiger partial charge >= 0.3 is 0 Å². The topological polar surface area (TPSA) is 69.6 Å². The average Bonchev–Trinajstić information content (AvgIpc) is 2.83. The molecule has 0 spiro atoms. The number of aliphatic hydroxyl groups is 1. The van der Waals surface area contributed by atoms with E-state index < -0.39 is 5.60 Å². The highest BCUT2D eigenvalue weighted by molar-refractivity contribution is 5.76. The molecule has 104 valence electrons. The second-order valence-corrected chi connectivity index (χ2v) is 5.34. The lowest BCUT2D eigenvalue weighted by atomic mass is 10.0. The van der Waals surface area contributed by atoms with Crippen molar-refractivity contribution >= 4 is 5.91 Å². The van der Waals surface area contributed by atoms with E-state index in [1.54, 1.807) is 12.1 Å². The van der Waals surface area contributed by atoms with Crippen molar-refractivity contribution < 1.29 is 15.0 Å². The Bertz CT molecular complexity index is 439. The van der Waals surface area contributed by atoms with Crippen molar-refractivity contribution in [2.45, 2.75) is 44.1 Å². The highest BCUT2D eigenvalue weighted by atomic mass is 16.3. The van der Waals surface area contributed by atoms with Gasteiger partial charge in [0.2, 0.25) is 5.91 Å². The van der Waals surface area contributed by atoms with Crippen LogP contribution in [0.3, 0.4) is 0 Å². The van der Waals surface area contributed by atoms with E-state index in [2.05, 4.69) is 5.32 Å². The largest absolute Gasteiger partial charge is 0.508 e. The van der Waals surface area contributed by atoms with Gasteiger partial charge < -0.3 is 15.5 Å². The zero-order valence-corrected chi connectivity index (χ0v) is 11.1. The van der Waals surface area contributed by atoms with Crippen molar-refractivity contribution in [3.8, 4) is 5.75 Å². The number of amides is 1. The quantitative estimate of drug-likeness (QED) is 0.758. The molecule has 0 unspecified atom stereocenters. The number of nitrogens with one attached hydrogen (secondary N) is 1. The molecule has 1 aliphatic rings. The molecule has 0 aliphatic heterocycles. The zero-order chi connectivity index (χ0) is 13.7. The standard InChI is InChI=1S/C15H21NO3/c17-13-6-2-1-5-12(13)7-8-14(18)16-11-15(19)9-3-4-10-15/h1-2,5-6,17,19H,3-4,7-11H2,(H,16,18). The smallest absolute Gasteiger partial charge is 0.220 e. The van der Waals surface area contributed by atoms with Gasteiger partial charge in [-0.2, -0.15) is 0 Å². The maximum absolute atomic E-state index is 11.7. The van der Waals surface area contributed by atoms with Crippen molar-refractivity contribution in [1.82, 2.24) is 5.32 Å². The maximum atomic E-state index is 11.7. The summed E-state index contributed by atoms with van der Waals surface area (Å²) >= 11 is 0. The van der Waals surface area contributed by atoms with Crippen LogP contribution in [0, 0.1) is 0 Å². The second kappa shape index (κ2) is 6.06. The van der Waals surface area contributed by atoms with Crippen molar-refractivity contribution in [2.24, 2.45) is 0 Å². The molecule has 1 fully saturated rings. The Morgan fingerprint density at radius 2 is 1.95 bits per heavy atom. The Hall–Kier alpha value is -1.55. The van der Waals surface area contributed by atoms with Gasteiger partial charge in [-0.25, -0.2) is 0 Å². The van der Waals surface area contributed by atoms with Gasteiger partial charge in [-0.15, -0.1) is 0 Å². The first kappa shape index (κ1) is 13.9. The van der Waals surface area contributed by atoms with Crippen molar-refractivity contribution in [2.75, 3.05) is 6.54 Å². The molecule has 4 nitrogen and oxygen atoms in total. The first-order chi connectivity index (χ1) is 9.09. The van der Waals surface area contributed by atoms with Gasteiger partial charge in [-0.1, -0.05) is 31.0 Å². The molecule has 1 aliphatic carbocycles. The number of phenolic OH excluding ortho intramolecular Hbond substituents is 1. The Labute approximate surface area is 113 Å². The van der Waals surface area contributed by atoms with Gasteiger partial charge in [0.15, 0.2) is 0 Å². The minimum absolute atomic E-state index is 0.0800. The van der Waals surface area contributed by atoms with Crippen LogP contribution in [0.2, 0.25) is 0 Å². The number of para-hydroxylation sites is 1. The number of aromatic hydroxyl groups is 1. The minimum atomic E-state index is -0.704. The lowest BCUT2D eigenvalue weighted by Gasteiger charge is -2.22. The van der Waals surface area contributed by atoms with E-state index in [9.17, 15) is 15.0 Å². The van der Waals surface area contributed by atoms with E-state index in [-0.39, 0.29) is 11.7 Å². The summed E-state index contributed by atoms with van der Waals surface area (Å²) in [6.07, 6.45) is 4.44. The number of benzene rings is 1. The first-order valence-electron chi connectivity index (χ1n) is 6.85. The molecular formula is C15H21NO3. The van der Waals surface area contributed by atoms with E-state index in [1.165, 1.54) is 0 Å². The molecule has 0 atom stereocenters. The van der Waals surface area contributed by atoms with Crippen molar-refractivity contribution in [3.05, 3.63) is 29.8 Å². The zero-order valence-electron chi connectivity index (χ0n) is 11.1. The van der Waals surface area contributed by atoms with E-state index in [0.29, 0.717) is 19.4 Å². The Balaban J connectivity index is 1.74. The molecule has 2 rings (SSSR count). The van der Waals surface area contributed by atoms with Gasteiger partial charge in [0, 0.05) is 13.0 Å². The van der Waals surface area contributed by atoms with Gasteiger partial charge in [-0.3, -0.25) is 4.79 Å². The molecule has 19 heavy (non-hydrogen) atoms. The van der Waals surface area contributed by atoms with Crippen LogP contribution in [0.25, 0.3) is 0 Å². The van der Waals surface area contributed by atoms with Crippen LogP contribution in [0.5, 0.6) is 5.75 Å². The lowest BCUT2D eigenvalue weighted by molar-refractivity contribution is -0.122. The van der Waals surface area contributed by atoms with E-state index in [1.807, 2.05) is 12.1 Å². The van der Waals surface area contributed by atoms with Crippen LogP contribution in [0.15, 0.2) is 24.3 Å². The number of rotatable bonds is 5. The second-order valence-electron chi connectivity index (χ2n) is 5.34. The minimum Gasteiger partial charge on any atom is -0.508 e. The fourth-order valence-corrected chi connectivity index (χ4v) is 2.53. The molecule has 3 N–H and O–H groups in total. The number of aryl methyl sites for hydroxylation is 1. The molecule has 0 radical (unpaired) electrons. The number of hydrogen-bond acceptors (Lipinski definition) is 3. The van der Waals surface area contributed by atoms with Crippen LogP contribution < -0.4 is 5.32 Å². The van der Waals surface area contributed by atoms with Gasteiger partial charge in [0.25, 0.3) is 0 Å². The van der Waals surface area contributed by atoms with Crippen molar-refractivity contribution in [3.63, 3.8) is 0 Å². The third-order valence-corrected chi connectivity index (χ3v) is 3.76. The molecule has 0 heterocycles. The van der Waals surface area contributed by atoms with E-state index in [4.69, 9.17) is 0 Å². The molecule has 1 aromatic rings. The van der Waals surface area contributed by atoms with E-state index >= 15 is 0 Å². The Morgan fingerprint density at radius 3 is 2.63 bits per heavy atom. The fourth-order valence-electron chi connectivity index (χ4n) is 2.53. The third kappa shape index (κ3) is 3.96. The monoisotopic (exact) mass is 263 g/mol. The van der Waals surface area contributed by atoms with E-state index in [0.717, 1.165) is 31.2 Å². The van der Waals surface area contributed by atoms with Crippen LogP contribution in [-0.2, 0) is 11.2 Å². The van der Waals surface area contributed by atoms with Crippen LogP contribution in [-0.4, -0.2) is 28.3 Å². The molecular weight excluding hydrogens is 242 g/mol. The summed E-state index contributed by atoms with van der Waals surface area (Å²) in [5.74, 6) is 0.147. The summed E-state index contributed by atoms with van der Waals surface area (Å²) in [5.41, 5.74) is 0.0714. The highest BCUT2D eigenvalue weighted by Crippen LogP contribution is 2.28. The third-order valence-electron chi connectivity index (χ3n) is 3.76. The molecule has 0 aromatic heterocycles. The van der Waals surface area contributed by atoms with Crippen molar-refractivity contribution in [1.29, 1.82) is 0 Å². The number of hydrogen-bond donors (Lipinski definition) is 3. The predicted molar refractivity (Wildman–Crippen MR) is 72.9 cm³/mol. The summed E-state index contributed by atoms with van der Waals surface area (Å²) < 4.78 is 0. The Morgan fingerprint density at radius 1 is 1.26 bits per heavy atom. The molecule has 0 bridgehead atoms. The summed E-state index contributed by atoms with van der Waals surface area (Å²) in [5, 5.41) is 22.5. The highest BCUT2D eigenvalue weighted by Gasteiger charge is 2.31. The summed E-state index contributed by atoms with van der Waals surface area (Å²) in [6.45, 7) is 0.340. The molecule has 1 aromatic carbocycles. The summed E-state index contributed by atoms with van der Waals surface area (Å²) in [4.78, 5) is 11.7. The number of phenols is 1. The SMILES string of the molecule is O=C(CCc1ccccc1O)NCC1(O)CCCC1. The summed E-state index contributed by atoms with van der Waals surface area (Å²) in [6, 6.07) is 7.03. The Kier molecular flexibility index (Phi) is 4.43. The van der Waals surface area contributed by atoms with Crippen LogP contribution >= 0.6 is 0 Å². The van der Waals surface area contributed by atoms with Gasteiger partial charge in [-0.05, 0) is 30.9 Å². The van der Waals surface area contributed by atoms with Crippen LogP contribution in [0.4, 0.5) is 0 Å². The molecule has 4 heteroatoms. The molecule has 0 saturated heterocycles. The lowest BCUT2D eigenvalue weighted by Crippen LogP contribution is -2.40. The first-order valence-corrected chi connectivity index (χ1v) is 6.85. The number of carbonyl (C=O) groups excluding carboxylic acids is 1. The maximum Gasteiger partial charge on any atom is 0.220 e. The van der Waals surface area contributed by atoms with Gasteiger partial charge in [0.1, 0.15) is 5.75 Å². The predicted octanol–water partition coefficient (Wildman–Crippen LogP) is 1.75. The molecule has 1 saturated carbocycles. The molecule has 1 amide bonds. The van der Waals surface area contributed by atoms with Crippen LogP contribution in [0.1, 0.15) is 37.7 Å². The normalized spacial score (nSPS) is 17.3. The number of carbonyl (C=O) groups is 1. The van der Waals surface area contributed by atoms with Gasteiger partial charge in [0.05, 0.1) is 5.60 Å². The summed E-state index contributed by atoms with van der Waals surface area (Å²) in [7, 11) is 0. The fraction of sp³-hybridized carbons (Fsp3) is 0.533. The average molecular weight is 263 g/mol.